The molecule has 1 aliphatic heterocycles. The summed E-state index contributed by atoms with van der Waals surface area (Å²) in [5, 5.41) is 21.3. The predicted octanol–water partition coefficient (Wildman–Crippen LogP) is 2.22. The van der Waals surface area contributed by atoms with E-state index in [9.17, 15) is 10.2 Å². The van der Waals surface area contributed by atoms with Crippen molar-refractivity contribution in [2.24, 2.45) is 0 Å². The molecule has 3 heterocycles. The zero-order chi connectivity index (χ0) is 21.5. The van der Waals surface area contributed by atoms with Crippen molar-refractivity contribution in [2.45, 2.75) is 82.7 Å². The molecule has 2 aromatic heterocycles. The van der Waals surface area contributed by atoms with Crippen molar-refractivity contribution in [1.82, 2.24) is 19.5 Å². The van der Waals surface area contributed by atoms with Crippen LogP contribution >= 0.6 is 0 Å². The van der Waals surface area contributed by atoms with Crippen molar-refractivity contribution in [2.75, 3.05) is 12.3 Å². The van der Waals surface area contributed by atoms with Crippen LogP contribution in [0.4, 0.5) is 5.82 Å². The first-order chi connectivity index (χ1) is 13.6. The Hall–Kier alpha value is -1.59. The lowest BCUT2D eigenvalue weighted by molar-refractivity contribution is -0.0495. The largest absolute Gasteiger partial charge is 0.413 e. The van der Waals surface area contributed by atoms with Crippen LogP contribution in [0, 0.1) is 0 Å². The molecule has 0 saturated carbocycles. The zero-order valence-corrected chi connectivity index (χ0v) is 19.0. The number of aromatic nitrogens is 4. The Bertz CT molecular complexity index is 821. The van der Waals surface area contributed by atoms with E-state index in [0.717, 1.165) is 0 Å². The van der Waals surface area contributed by atoms with E-state index in [4.69, 9.17) is 14.9 Å². The first-order valence-electron chi connectivity index (χ1n) is 10.2. The molecule has 0 aliphatic carbocycles. The molecular formula is C19H33N5O4Si. The van der Waals surface area contributed by atoms with Gasteiger partial charge in [0.1, 0.15) is 30.2 Å². The van der Waals surface area contributed by atoms with E-state index in [-0.39, 0.29) is 12.4 Å². The molecule has 10 heteroatoms. The van der Waals surface area contributed by atoms with Gasteiger partial charge in [0.2, 0.25) is 0 Å². The highest BCUT2D eigenvalue weighted by Crippen LogP contribution is 2.43. The molecule has 4 atom stereocenters. The molecule has 3 rings (SSSR count). The van der Waals surface area contributed by atoms with Gasteiger partial charge in [-0.3, -0.25) is 4.57 Å². The van der Waals surface area contributed by atoms with Gasteiger partial charge in [-0.15, -0.1) is 0 Å². The monoisotopic (exact) mass is 423 g/mol. The molecule has 0 bridgehead atoms. The number of imidazole rings is 1. The van der Waals surface area contributed by atoms with Crippen molar-refractivity contribution in [3.05, 3.63) is 12.7 Å². The lowest BCUT2D eigenvalue weighted by Crippen LogP contribution is -2.50. The molecule has 2 aromatic rings. The summed E-state index contributed by atoms with van der Waals surface area (Å²) in [7, 11) is -2.12. The molecule has 1 fully saturated rings. The molecular weight excluding hydrogens is 390 g/mol. The molecule has 1 unspecified atom stereocenters. The summed E-state index contributed by atoms with van der Waals surface area (Å²) in [5.74, 6) is 0.253. The second-order valence-electron chi connectivity index (χ2n) is 8.76. The first kappa shape index (κ1) is 22.1. The first-order valence-corrected chi connectivity index (χ1v) is 12.3. The van der Waals surface area contributed by atoms with Crippen LogP contribution in [0.25, 0.3) is 11.2 Å². The third kappa shape index (κ3) is 3.68. The van der Waals surface area contributed by atoms with E-state index in [2.05, 4.69) is 56.5 Å². The number of aliphatic hydroxyl groups is 2. The molecule has 0 radical (unpaired) electrons. The molecule has 0 spiro atoms. The number of nitrogens with two attached hydrogens (primary N) is 1. The summed E-state index contributed by atoms with van der Waals surface area (Å²) < 4.78 is 14.2. The van der Waals surface area contributed by atoms with E-state index < -0.39 is 32.9 Å². The van der Waals surface area contributed by atoms with Crippen LogP contribution < -0.4 is 5.73 Å². The average Bonchev–Trinajstić information content (AvgIpc) is 3.18. The van der Waals surface area contributed by atoms with Crippen LogP contribution in [-0.2, 0) is 9.16 Å². The minimum absolute atomic E-state index is 0.235. The van der Waals surface area contributed by atoms with Crippen LogP contribution in [0.5, 0.6) is 0 Å². The normalized spacial score (nSPS) is 25.8. The lowest BCUT2D eigenvalue weighted by Gasteiger charge is -2.42. The number of rotatable bonds is 7. The van der Waals surface area contributed by atoms with Crippen molar-refractivity contribution in [3.63, 3.8) is 0 Å². The highest BCUT2D eigenvalue weighted by Gasteiger charge is 2.49. The van der Waals surface area contributed by atoms with Gasteiger partial charge in [0.05, 0.1) is 12.9 Å². The van der Waals surface area contributed by atoms with Crippen LogP contribution in [0.3, 0.4) is 0 Å². The molecule has 1 aliphatic rings. The number of nitrogen functional groups attached to an aromatic ring is 1. The van der Waals surface area contributed by atoms with E-state index >= 15 is 0 Å². The molecule has 1 saturated heterocycles. The zero-order valence-electron chi connectivity index (χ0n) is 18.0. The second kappa shape index (κ2) is 8.27. The number of anilines is 1. The second-order valence-corrected chi connectivity index (χ2v) is 14.2. The number of ether oxygens (including phenoxy) is 1. The Labute approximate surface area is 172 Å². The van der Waals surface area contributed by atoms with E-state index in [1.165, 1.54) is 12.7 Å². The Kier molecular flexibility index (Phi) is 6.30. The fourth-order valence-corrected chi connectivity index (χ4v) is 10.3. The third-order valence-corrected chi connectivity index (χ3v) is 12.3. The highest BCUT2D eigenvalue weighted by molar-refractivity contribution is 6.77. The van der Waals surface area contributed by atoms with E-state index in [1.807, 2.05) is 0 Å². The highest BCUT2D eigenvalue weighted by atomic mass is 28.4. The minimum atomic E-state index is -2.12. The van der Waals surface area contributed by atoms with Gasteiger partial charge in [0.15, 0.2) is 26.0 Å². The topological polar surface area (TPSA) is 129 Å². The quantitative estimate of drug-likeness (QED) is 0.578. The Morgan fingerprint density at radius 3 is 2.28 bits per heavy atom. The standard InChI is InChI=1S/C19H33N5O4Si/c1-10(2)29(11(3)4,12(5)6)27-7-13-15(25)16(26)19(28-13)24-9-23-14-17(20)21-8-22-18(14)24/h8-13,15-16,19,25-26H,7H2,1-6H3,(H2,20,21,22)/t13-,15-,16+,19?/m1/s1. The Morgan fingerprint density at radius 2 is 1.69 bits per heavy atom. The number of hydrogen-bond donors (Lipinski definition) is 3. The third-order valence-electron chi connectivity index (χ3n) is 6.20. The Morgan fingerprint density at radius 1 is 1.07 bits per heavy atom. The predicted molar refractivity (Wildman–Crippen MR) is 113 cm³/mol. The molecule has 162 valence electrons. The van der Waals surface area contributed by atoms with Crippen LogP contribution in [-0.4, -0.2) is 63.0 Å². The minimum Gasteiger partial charge on any atom is -0.413 e. The van der Waals surface area contributed by atoms with Gasteiger partial charge in [-0.05, 0) is 16.6 Å². The SMILES string of the molecule is CC(C)[Si](OC[C@H]1OC(n2cnc3c(N)ncnc32)[C@@H](O)[C@@H]1O)(C(C)C)C(C)C. The summed E-state index contributed by atoms with van der Waals surface area (Å²) in [6.07, 6.45) is -0.849. The number of nitrogens with zero attached hydrogens (tertiary/aromatic N) is 4. The van der Waals surface area contributed by atoms with Gasteiger partial charge in [-0.2, -0.15) is 0 Å². The summed E-state index contributed by atoms with van der Waals surface area (Å²) in [5.41, 5.74) is 7.97. The van der Waals surface area contributed by atoms with E-state index in [1.54, 1.807) is 4.57 Å². The van der Waals surface area contributed by atoms with Gasteiger partial charge < -0.3 is 25.1 Å². The van der Waals surface area contributed by atoms with Gasteiger partial charge in [0.25, 0.3) is 0 Å². The molecule has 0 aromatic carbocycles. The molecule has 9 nitrogen and oxygen atoms in total. The lowest BCUT2D eigenvalue weighted by atomic mass is 10.1. The number of hydrogen-bond acceptors (Lipinski definition) is 8. The van der Waals surface area contributed by atoms with E-state index in [0.29, 0.717) is 27.8 Å². The Balaban J connectivity index is 1.81. The molecule has 4 N–H and O–H groups in total. The van der Waals surface area contributed by atoms with Crippen molar-refractivity contribution in [1.29, 1.82) is 0 Å². The van der Waals surface area contributed by atoms with Crippen molar-refractivity contribution < 1.29 is 19.4 Å². The fraction of sp³-hybridized carbons (Fsp3) is 0.737. The van der Waals surface area contributed by atoms with Gasteiger partial charge in [-0.1, -0.05) is 41.5 Å². The van der Waals surface area contributed by atoms with Crippen molar-refractivity contribution in [3.8, 4) is 0 Å². The van der Waals surface area contributed by atoms with Crippen molar-refractivity contribution >= 4 is 25.3 Å². The van der Waals surface area contributed by atoms with Gasteiger partial charge in [-0.25, -0.2) is 15.0 Å². The number of aliphatic hydroxyl groups excluding tert-OH is 2. The van der Waals surface area contributed by atoms with Gasteiger partial charge >= 0.3 is 0 Å². The molecule has 29 heavy (non-hydrogen) atoms. The van der Waals surface area contributed by atoms with Crippen LogP contribution in [0.15, 0.2) is 12.7 Å². The maximum Gasteiger partial charge on any atom is 0.200 e. The molecule has 0 amide bonds. The summed E-state index contributed by atoms with van der Waals surface area (Å²) >= 11 is 0. The average molecular weight is 424 g/mol. The summed E-state index contributed by atoms with van der Waals surface area (Å²) in [6, 6.07) is 0. The van der Waals surface area contributed by atoms with Crippen LogP contribution in [0.1, 0.15) is 47.8 Å². The maximum atomic E-state index is 10.6. The number of fused-ring (bicyclic) bond motifs is 1. The maximum absolute atomic E-state index is 10.6. The summed E-state index contributed by atoms with van der Waals surface area (Å²) in [4.78, 5) is 12.3. The van der Waals surface area contributed by atoms with Gasteiger partial charge in [0, 0.05) is 0 Å². The smallest absolute Gasteiger partial charge is 0.200 e. The fourth-order valence-electron chi connectivity index (χ4n) is 4.88. The summed E-state index contributed by atoms with van der Waals surface area (Å²) in [6.45, 7) is 13.5. The van der Waals surface area contributed by atoms with Crippen LogP contribution in [0.2, 0.25) is 16.6 Å².